The summed E-state index contributed by atoms with van der Waals surface area (Å²) in [5.41, 5.74) is 7.01. The maximum absolute atomic E-state index is 4.87. The van der Waals surface area contributed by atoms with Crippen LogP contribution in [0.25, 0.3) is 111 Å². The Kier molecular flexibility index (Phi) is 5.53. The molecule has 0 N–H and O–H groups in total. The van der Waals surface area contributed by atoms with E-state index in [1.165, 1.54) is 95.5 Å². The van der Waals surface area contributed by atoms with Gasteiger partial charge in [0, 0.05) is 48.2 Å². The Bertz CT molecular complexity index is 3400. The van der Waals surface area contributed by atoms with Gasteiger partial charge >= 0.3 is 0 Å². The van der Waals surface area contributed by atoms with E-state index in [9.17, 15) is 0 Å². The number of para-hydroxylation sites is 1. The highest BCUT2D eigenvalue weighted by Gasteiger charge is 2.25. The van der Waals surface area contributed by atoms with Crippen LogP contribution in [0.4, 0.5) is 0 Å². The largest absolute Gasteiger partial charge is 0.308 e. The first kappa shape index (κ1) is 27.7. The van der Waals surface area contributed by atoms with Crippen LogP contribution in [0.3, 0.4) is 0 Å². The lowest BCUT2D eigenvalue weighted by Gasteiger charge is -2.13. The van der Waals surface area contributed by atoms with Crippen molar-refractivity contribution < 1.29 is 0 Å². The minimum absolute atomic E-state index is 1.03. The number of fused-ring (bicyclic) bond motifs is 18. The van der Waals surface area contributed by atoms with Crippen molar-refractivity contribution >= 4 is 117 Å². The van der Waals surface area contributed by atoms with Crippen molar-refractivity contribution in [2.45, 2.75) is 0 Å². The van der Waals surface area contributed by atoms with Crippen LogP contribution in [-0.2, 0) is 0 Å². The fraction of sp³-hybridized carbons (Fsp3) is 0. The van der Waals surface area contributed by atoms with Gasteiger partial charge in [0.25, 0.3) is 0 Å². The van der Waals surface area contributed by atoms with E-state index in [1.54, 1.807) is 17.7 Å². The molecule has 3 nitrogen and oxygen atoms in total. The third-order valence-electron chi connectivity index (χ3n) is 10.7. The molecule has 0 saturated carbocycles. The quantitative estimate of drug-likeness (QED) is 0.170. The molecule has 4 aromatic heterocycles. The number of nitrogens with zero attached hydrogens (tertiary/aromatic N) is 3. The van der Waals surface area contributed by atoms with E-state index in [1.807, 2.05) is 17.5 Å². The standard InChI is InChI=1S/C46H25N3S2/c1-2-14-31-29(12-1)30-13-3-4-15-32(30)36-23-27(20-21-33(31)36)26-10-9-11-28(22-26)49-37-18-7-5-16-34(37)40-41-35-17-6-8-19-38(35)50-45(41)42-43-39(24-47-25-48-43)51-46(42)44(40)49/h1-25H. The zero-order chi connectivity index (χ0) is 33.2. The summed E-state index contributed by atoms with van der Waals surface area (Å²) in [5, 5.41) is 14.2. The summed E-state index contributed by atoms with van der Waals surface area (Å²) in [4.78, 5) is 9.30. The molecule has 0 radical (unpaired) electrons. The second-order valence-corrected chi connectivity index (χ2v) is 15.4. The van der Waals surface area contributed by atoms with Gasteiger partial charge in [-0.3, -0.25) is 0 Å². The molecule has 0 spiro atoms. The average molecular weight is 684 g/mol. The van der Waals surface area contributed by atoms with Crippen LogP contribution in [0, 0.1) is 0 Å². The molecule has 0 bridgehead atoms. The van der Waals surface area contributed by atoms with Crippen molar-refractivity contribution in [2.24, 2.45) is 0 Å². The average Bonchev–Trinajstić information content (AvgIpc) is 3.88. The van der Waals surface area contributed by atoms with Gasteiger partial charge in [0.1, 0.15) is 6.33 Å². The van der Waals surface area contributed by atoms with Gasteiger partial charge in [-0.05, 0) is 73.8 Å². The summed E-state index contributed by atoms with van der Waals surface area (Å²) in [6, 6.07) is 51.4. The molecule has 236 valence electrons. The Hall–Kier alpha value is -6.14. The molecule has 0 aliphatic carbocycles. The van der Waals surface area contributed by atoms with Crippen molar-refractivity contribution in [1.82, 2.24) is 14.5 Å². The van der Waals surface area contributed by atoms with Gasteiger partial charge in [-0.25, -0.2) is 9.97 Å². The zero-order valence-corrected chi connectivity index (χ0v) is 28.7. The molecule has 8 aromatic carbocycles. The molecule has 0 aliphatic rings. The lowest BCUT2D eigenvalue weighted by atomic mass is 9.92. The van der Waals surface area contributed by atoms with E-state index in [4.69, 9.17) is 4.98 Å². The van der Waals surface area contributed by atoms with Crippen molar-refractivity contribution in [3.8, 4) is 16.8 Å². The van der Waals surface area contributed by atoms with Crippen LogP contribution >= 0.6 is 22.7 Å². The highest BCUT2D eigenvalue weighted by atomic mass is 32.1. The number of rotatable bonds is 2. The number of hydrogen-bond donors (Lipinski definition) is 0. The molecule has 0 amide bonds. The molecule has 51 heavy (non-hydrogen) atoms. The molecule has 12 rings (SSSR count). The number of thiophene rings is 2. The Morgan fingerprint density at radius 2 is 1.10 bits per heavy atom. The molecule has 4 heterocycles. The van der Waals surface area contributed by atoms with Crippen LogP contribution in [-0.4, -0.2) is 14.5 Å². The van der Waals surface area contributed by atoms with Crippen LogP contribution < -0.4 is 0 Å². The highest BCUT2D eigenvalue weighted by molar-refractivity contribution is 7.30. The Morgan fingerprint density at radius 3 is 1.90 bits per heavy atom. The lowest BCUT2D eigenvalue weighted by Crippen LogP contribution is -1.94. The third-order valence-corrected chi connectivity index (χ3v) is 13.0. The van der Waals surface area contributed by atoms with Gasteiger partial charge in [-0.1, -0.05) is 109 Å². The van der Waals surface area contributed by atoms with Crippen LogP contribution in [0.15, 0.2) is 152 Å². The van der Waals surface area contributed by atoms with Gasteiger partial charge in [0.2, 0.25) is 0 Å². The number of benzene rings is 8. The maximum atomic E-state index is 4.87. The van der Waals surface area contributed by atoms with E-state index in [2.05, 4.69) is 149 Å². The van der Waals surface area contributed by atoms with E-state index >= 15 is 0 Å². The first-order chi connectivity index (χ1) is 25.3. The summed E-state index contributed by atoms with van der Waals surface area (Å²) >= 11 is 3.68. The fourth-order valence-electron chi connectivity index (χ4n) is 8.58. The molecular formula is C46H25N3S2. The molecule has 5 heteroatoms. The Morgan fingerprint density at radius 1 is 0.451 bits per heavy atom. The Balaban J connectivity index is 1.19. The highest BCUT2D eigenvalue weighted by Crippen LogP contribution is 2.51. The van der Waals surface area contributed by atoms with Gasteiger partial charge in [0.05, 0.1) is 25.9 Å². The second-order valence-electron chi connectivity index (χ2n) is 13.3. The molecule has 12 aromatic rings. The van der Waals surface area contributed by atoms with Crippen molar-refractivity contribution in [1.29, 1.82) is 0 Å². The van der Waals surface area contributed by atoms with Crippen molar-refractivity contribution in [3.05, 3.63) is 152 Å². The number of hydrogen-bond acceptors (Lipinski definition) is 4. The van der Waals surface area contributed by atoms with Crippen LogP contribution in [0.1, 0.15) is 0 Å². The van der Waals surface area contributed by atoms with E-state index in [-0.39, 0.29) is 0 Å². The molecule has 0 aliphatic heterocycles. The molecule has 0 atom stereocenters. The summed E-state index contributed by atoms with van der Waals surface area (Å²) in [5.74, 6) is 0. The van der Waals surface area contributed by atoms with Crippen LogP contribution in [0.2, 0.25) is 0 Å². The minimum Gasteiger partial charge on any atom is -0.308 e. The van der Waals surface area contributed by atoms with Gasteiger partial charge in [-0.2, -0.15) is 0 Å². The third kappa shape index (κ3) is 3.71. The second kappa shape index (κ2) is 10.2. The zero-order valence-electron chi connectivity index (χ0n) is 27.1. The van der Waals surface area contributed by atoms with Gasteiger partial charge in [0.15, 0.2) is 0 Å². The van der Waals surface area contributed by atoms with Crippen molar-refractivity contribution in [3.63, 3.8) is 0 Å². The predicted molar refractivity (Wildman–Crippen MR) is 220 cm³/mol. The number of aromatic nitrogens is 3. The topological polar surface area (TPSA) is 30.7 Å². The smallest absolute Gasteiger partial charge is 0.116 e. The first-order valence-electron chi connectivity index (χ1n) is 17.1. The van der Waals surface area contributed by atoms with E-state index < -0.39 is 0 Å². The Labute approximate surface area is 299 Å². The molecule has 0 fully saturated rings. The van der Waals surface area contributed by atoms with Crippen molar-refractivity contribution in [2.75, 3.05) is 0 Å². The fourth-order valence-corrected chi connectivity index (χ4v) is 11.1. The van der Waals surface area contributed by atoms with E-state index in [0.717, 1.165) is 15.9 Å². The van der Waals surface area contributed by atoms with E-state index in [0.29, 0.717) is 0 Å². The molecular weight excluding hydrogens is 659 g/mol. The maximum Gasteiger partial charge on any atom is 0.116 e. The summed E-state index contributed by atoms with van der Waals surface area (Å²) < 4.78 is 7.46. The van der Waals surface area contributed by atoms with Gasteiger partial charge in [-0.15, -0.1) is 22.7 Å². The normalized spacial score (nSPS) is 12.3. The summed E-state index contributed by atoms with van der Waals surface area (Å²) in [7, 11) is 0. The first-order valence-corrected chi connectivity index (χ1v) is 18.8. The van der Waals surface area contributed by atoms with Gasteiger partial charge < -0.3 is 4.57 Å². The predicted octanol–water partition coefficient (Wildman–Crippen LogP) is 13.4. The monoisotopic (exact) mass is 683 g/mol. The molecule has 0 saturated heterocycles. The SMILES string of the molecule is c1cc(-c2ccc3c4ccccc4c4ccccc4c3c2)cc(-n2c3ccccc3c3c4c5ccccc5sc4c4c5ncncc5sc4c32)c1. The van der Waals surface area contributed by atoms with Crippen LogP contribution in [0.5, 0.6) is 0 Å². The minimum atomic E-state index is 1.03. The lowest BCUT2D eigenvalue weighted by molar-refractivity contribution is 1.19. The summed E-state index contributed by atoms with van der Waals surface area (Å²) in [6.07, 6.45) is 3.66. The summed E-state index contributed by atoms with van der Waals surface area (Å²) in [6.45, 7) is 0. The molecule has 0 unspecified atom stereocenters.